The smallest absolute Gasteiger partial charge is 0.242 e. The maximum absolute atomic E-state index is 14.1. The third-order valence-corrected chi connectivity index (χ3v) is 4.81. The molecule has 1 aliphatic heterocycles. The number of pyridine rings is 1. The standard InChI is InChI=1S/C18H13ClF3N3O/c19-12-8-25(9-15(26)24-4-1-5-24)14-6-10(7-23-18(12)14)11-2-3-13(20)17(22)16(11)21/h2-3,6-8H,1,4-5,9H2. The van der Waals surface area contributed by atoms with E-state index in [1.54, 1.807) is 21.7 Å². The lowest BCUT2D eigenvalue weighted by Crippen LogP contribution is -2.43. The summed E-state index contributed by atoms with van der Waals surface area (Å²) < 4.78 is 42.4. The van der Waals surface area contributed by atoms with Gasteiger partial charge in [-0.3, -0.25) is 9.78 Å². The van der Waals surface area contributed by atoms with E-state index in [2.05, 4.69) is 4.98 Å². The van der Waals surface area contributed by atoms with E-state index in [9.17, 15) is 18.0 Å². The highest BCUT2D eigenvalue weighted by molar-refractivity contribution is 6.35. The molecule has 0 unspecified atom stereocenters. The fourth-order valence-electron chi connectivity index (χ4n) is 2.96. The summed E-state index contributed by atoms with van der Waals surface area (Å²) in [7, 11) is 0. The van der Waals surface area contributed by atoms with Gasteiger partial charge in [-0.25, -0.2) is 13.2 Å². The van der Waals surface area contributed by atoms with Gasteiger partial charge < -0.3 is 9.47 Å². The largest absolute Gasteiger partial charge is 0.341 e. The van der Waals surface area contributed by atoms with E-state index in [4.69, 9.17) is 11.6 Å². The molecule has 4 nitrogen and oxygen atoms in total. The molecule has 0 bridgehead atoms. The van der Waals surface area contributed by atoms with E-state index in [0.29, 0.717) is 16.1 Å². The minimum Gasteiger partial charge on any atom is -0.341 e. The second-order valence-electron chi connectivity index (χ2n) is 6.15. The van der Waals surface area contributed by atoms with Crippen molar-refractivity contribution in [2.45, 2.75) is 13.0 Å². The summed E-state index contributed by atoms with van der Waals surface area (Å²) in [5, 5.41) is 0.355. The van der Waals surface area contributed by atoms with Crippen LogP contribution in [0.5, 0.6) is 0 Å². The Kier molecular flexibility index (Phi) is 4.11. The Balaban J connectivity index is 1.78. The number of hydrogen-bond donors (Lipinski definition) is 0. The van der Waals surface area contributed by atoms with Crippen LogP contribution in [0.25, 0.3) is 22.2 Å². The summed E-state index contributed by atoms with van der Waals surface area (Å²) in [6, 6.07) is 3.57. The van der Waals surface area contributed by atoms with Crippen LogP contribution >= 0.6 is 11.6 Å². The van der Waals surface area contributed by atoms with E-state index < -0.39 is 17.5 Å². The number of carbonyl (C=O) groups excluding carboxylic acids is 1. The number of hydrogen-bond acceptors (Lipinski definition) is 2. The van der Waals surface area contributed by atoms with Crippen molar-refractivity contribution < 1.29 is 18.0 Å². The molecule has 3 heterocycles. The van der Waals surface area contributed by atoms with Gasteiger partial charge in [-0.15, -0.1) is 0 Å². The van der Waals surface area contributed by atoms with Gasteiger partial charge in [0.15, 0.2) is 17.5 Å². The van der Waals surface area contributed by atoms with Crippen LogP contribution in [0.2, 0.25) is 5.02 Å². The molecule has 4 rings (SSSR count). The van der Waals surface area contributed by atoms with Crippen LogP contribution in [0.4, 0.5) is 13.2 Å². The van der Waals surface area contributed by atoms with Gasteiger partial charge in [0.1, 0.15) is 12.1 Å². The molecular weight excluding hydrogens is 367 g/mol. The van der Waals surface area contributed by atoms with Crippen LogP contribution in [-0.4, -0.2) is 33.4 Å². The number of halogens is 4. The lowest BCUT2D eigenvalue weighted by molar-refractivity contribution is -0.135. The number of likely N-dealkylation sites (tertiary alicyclic amines) is 1. The summed E-state index contributed by atoms with van der Waals surface area (Å²) in [6.45, 7) is 1.54. The lowest BCUT2D eigenvalue weighted by Gasteiger charge is -2.31. The molecule has 1 aliphatic rings. The van der Waals surface area contributed by atoms with Gasteiger partial charge in [-0.1, -0.05) is 11.6 Å². The minimum atomic E-state index is -1.54. The van der Waals surface area contributed by atoms with Crippen LogP contribution < -0.4 is 0 Å². The van der Waals surface area contributed by atoms with Gasteiger partial charge in [0.2, 0.25) is 5.91 Å². The third kappa shape index (κ3) is 2.72. The summed E-state index contributed by atoms with van der Waals surface area (Å²) in [4.78, 5) is 18.2. The van der Waals surface area contributed by atoms with Crippen molar-refractivity contribution in [1.29, 1.82) is 0 Å². The number of carbonyl (C=O) groups is 1. The molecule has 134 valence electrons. The number of benzene rings is 1. The van der Waals surface area contributed by atoms with E-state index >= 15 is 0 Å². The van der Waals surface area contributed by atoms with Crippen molar-refractivity contribution in [3.63, 3.8) is 0 Å². The lowest BCUT2D eigenvalue weighted by atomic mass is 10.1. The van der Waals surface area contributed by atoms with Crippen LogP contribution in [0.1, 0.15) is 6.42 Å². The van der Waals surface area contributed by atoms with Crippen molar-refractivity contribution in [3.05, 3.63) is 53.1 Å². The zero-order chi connectivity index (χ0) is 18.4. The average Bonchev–Trinajstić information content (AvgIpc) is 2.86. The molecule has 2 aromatic heterocycles. The number of nitrogens with zero attached hydrogens (tertiary/aromatic N) is 3. The Hall–Kier alpha value is -2.54. The third-order valence-electron chi connectivity index (χ3n) is 4.53. The molecule has 26 heavy (non-hydrogen) atoms. The van der Waals surface area contributed by atoms with Gasteiger partial charge in [0, 0.05) is 36.6 Å². The molecule has 0 aliphatic carbocycles. The maximum atomic E-state index is 14.1. The number of aromatic nitrogens is 2. The molecular formula is C18H13ClF3N3O. The molecule has 0 atom stereocenters. The van der Waals surface area contributed by atoms with Gasteiger partial charge in [-0.2, -0.15) is 0 Å². The van der Waals surface area contributed by atoms with E-state index in [1.165, 1.54) is 6.20 Å². The molecule has 1 amide bonds. The Morgan fingerprint density at radius 1 is 1.19 bits per heavy atom. The SMILES string of the molecule is O=C(Cn1cc(Cl)c2ncc(-c3ccc(F)c(F)c3F)cc21)N1CCC1. The predicted octanol–water partition coefficient (Wildman–Crippen LogP) is 4.01. The quantitative estimate of drug-likeness (QED) is 0.645. The monoisotopic (exact) mass is 379 g/mol. The fourth-order valence-corrected chi connectivity index (χ4v) is 3.23. The summed E-state index contributed by atoms with van der Waals surface area (Å²) in [6.07, 6.45) is 3.91. The normalized spacial score (nSPS) is 13.9. The second kappa shape index (κ2) is 6.32. The minimum absolute atomic E-state index is 0.0470. The molecule has 0 N–H and O–H groups in total. The number of fused-ring (bicyclic) bond motifs is 1. The van der Waals surface area contributed by atoms with Crippen molar-refractivity contribution in [2.75, 3.05) is 13.1 Å². The first-order valence-electron chi connectivity index (χ1n) is 8.01. The summed E-state index contributed by atoms with van der Waals surface area (Å²) >= 11 is 6.17. The molecule has 1 saturated heterocycles. The van der Waals surface area contributed by atoms with E-state index in [-0.39, 0.29) is 23.6 Å². The maximum Gasteiger partial charge on any atom is 0.242 e. The van der Waals surface area contributed by atoms with Crippen LogP contribution in [0.3, 0.4) is 0 Å². The second-order valence-corrected chi connectivity index (χ2v) is 6.56. The number of rotatable bonds is 3. The van der Waals surface area contributed by atoms with Gasteiger partial charge in [0.25, 0.3) is 0 Å². The zero-order valence-electron chi connectivity index (χ0n) is 13.5. The molecule has 0 spiro atoms. The van der Waals surface area contributed by atoms with Gasteiger partial charge >= 0.3 is 0 Å². The highest BCUT2D eigenvalue weighted by Crippen LogP contribution is 2.31. The van der Waals surface area contributed by atoms with E-state index in [0.717, 1.165) is 31.6 Å². The van der Waals surface area contributed by atoms with E-state index in [1.807, 2.05) is 0 Å². The molecule has 0 radical (unpaired) electrons. The van der Waals surface area contributed by atoms with Crippen molar-refractivity contribution in [2.24, 2.45) is 0 Å². The van der Waals surface area contributed by atoms with Crippen LogP contribution in [0.15, 0.2) is 30.6 Å². The average molecular weight is 380 g/mol. The van der Waals surface area contributed by atoms with Crippen molar-refractivity contribution in [1.82, 2.24) is 14.5 Å². The molecule has 0 saturated carbocycles. The number of amides is 1. The van der Waals surface area contributed by atoms with Gasteiger partial charge in [0.05, 0.1) is 10.5 Å². The topological polar surface area (TPSA) is 38.1 Å². The summed E-state index contributed by atoms with van der Waals surface area (Å²) in [5.74, 6) is -4.13. The van der Waals surface area contributed by atoms with Crippen LogP contribution in [-0.2, 0) is 11.3 Å². The highest BCUT2D eigenvalue weighted by atomic mass is 35.5. The van der Waals surface area contributed by atoms with Crippen molar-refractivity contribution in [3.8, 4) is 11.1 Å². The predicted molar refractivity (Wildman–Crippen MR) is 91.3 cm³/mol. The first-order valence-corrected chi connectivity index (χ1v) is 8.39. The van der Waals surface area contributed by atoms with Gasteiger partial charge in [-0.05, 0) is 24.6 Å². The summed E-state index contributed by atoms with van der Waals surface area (Å²) in [5.41, 5.74) is 1.12. The molecule has 8 heteroatoms. The molecule has 1 fully saturated rings. The Morgan fingerprint density at radius 2 is 1.96 bits per heavy atom. The highest BCUT2D eigenvalue weighted by Gasteiger charge is 2.22. The Bertz CT molecular complexity index is 1030. The zero-order valence-corrected chi connectivity index (χ0v) is 14.2. The first-order chi connectivity index (χ1) is 12.5. The first kappa shape index (κ1) is 16.9. The van der Waals surface area contributed by atoms with Crippen LogP contribution in [0, 0.1) is 17.5 Å². The Morgan fingerprint density at radius 3 is 2.65 bits per heavy atom. The molecule has 1 aromatic carbocycles. The van der Waals surface area contributed by atoms with Crippen molar-refractivity contribution >= 4 is 28.5 Å². The molecule has 3 aromatic rings. The fraction of sp³-hybridized carbons (Fsp3) is 0.222. The Labute approximate surface area is 151 Å².